The lowest BCUT2D eigenvalue weighted by atomic mass is 9.73. The van der Waals surface area contributed by atoms with Gasteiger partial charge in [-0.2, -0.15) is 0 Å². The Morgan fingerprint density at radius 2 is 0.869 bits per heavy atom. The Labute approximate surface area is 353 Å². The van der Waals surface area contributed by atoms with Gasteiger partial charge in [0.2, 0.25) is 0 Å². The van der Waals surface area contributed by atoms with Crippen LogP contribution in [-0.4, -0.2) is 15.0 Å². The summed E-state index contributed by atoms with van der Waals surface area (Å²) >= 11 is 0. The molecule has 0 bridgehead atoms. The van der Waals surface area contributed by atoms with Crippen molar-refractivity contribution in [1.29, 1.82) is 0 Å². The third kappa shape index (κ3) is 4.62. The molecule has 8 aromatic carbocycles. The Kier molecular flexibility index (Phi) is 6.96. The largest absolute Gasteiger partial charge is 0.459 e. The number of rotatable bonds is 4. The van der Waals surface area contributed by atoms with Gasteiger partial charge in [0.25, 0.3) is 0 Å². The summed E-state index contributed by atoms with van der Waals surface area (Å²) < 4.78 is 7.10. The first kappa shape index (κ1) is 34.2. The Hall–Kier alpha value is -7.69. The summed E-state index contributed by atoms with van der Waals surface area (Å²) in [4.78, 5) is 16.1. The van der Waals surface area contributed by atoms with Gasteiger partial charge in [-0.15, -0.1) is 0 Å². The number of benzene rings is 8. The molecule has 3 aliphatic carbocycles. The van der Waals surface area contributed by atoms with Gasteiger partial charge in [-0.1, -0.05) is 190 Å². The molecule has 10 aromatic rings. The molecule has 0 saturated heterocycles. The van der Waals surface area contributed by atoms with Crippen LogP contribution in [0.15, 0.2) is 192 Å². The Morgan fingerprint density at radius 3 is 1.61 bits per heavy atom. The van der Waals surface area contributed by atoms with Crippen molar-refractivity contribution in [1.82, 2.24) is 15.0 Å². The van der Waals surface area contributed by atoms with Gasteiger partial charge in [0.05, 0.1) is 0 Å². The molecule has 3 aliphatic rings. The lowest BCUT2D eigenvalue weighted by Gasteiger charge is -2.28. The topological polar surface area (TPSA) is 51.8 Å². The fourth-order valence-electron chi connectivity index (χ4n) is 10.8. The molecule has 0 fully saturated rings. The van der Waals surface area contributed by atoms with Crippen molar-refractivity contribution >= 4 is 11.0 Å². The molecular weight excluding hydrogens is 743 g/mol. The Bertz CT molecular complexity index is 3400. The Balaban J connectivity index is 1.07. The van der Waals surface area contributed by atoms with Crippen LogP contribution in [0.2, 0.25) is 0 Å². The Morgan fingerprint density at radius 1 is 0.361 bits per heavy atom. The van der Waals surface area contributed by atoms with Crippen molar-refractivity contribution in [3.63, 3.8) is 0 Å². The maximum atomic E-state index is 7.10. The molecule has 13 rings (SSSR count). The van der Waals surface area contributed by atoms with E-state index in [4.69, 9.17) is 19.4 Å². The highest BCUT2D eigenvalue weighted by atomic mass is 16.3. The third-order valence-electron chi connectivity index (χ3n) is 13.6. The summed E-state index contributed by atoms with van der Waals surface area (Å²) in [5.74, 6) is 2.84. The highest BCUT2D eigenvalue weighted by Crippen LogP contribution is 2.65. The number of hydrogen-bond donors (Lipinski definition) is 0. The average Bonchev–Trinajstić information content (AvgIpc) is 4.01. The van der Waals surface area contributed by atoms with E-state index in [1.54, 1.807) is 0 Å². The molecule has 2 aromatic heterocycles. The zero-order valence-electron chi connectivity index (χ0n) is 33.6. The fraction of sp³-hybridized carbons (Fsp3) is 0.0702. The van der Waals surface area contributed by atoms with Crippen LogP contribution in [0, 0.1) is 0 Å². The van der Waals surface area contributed by atoms with E-state index in [0.29, 0.717) is 17.5 Å². The first-order valence-electron chi connectivity index (χ1n) is 21.0. The van der Waals surface area contributed by atoms with Gasteiger partial charge < -0.3 is 4.42 Å². The van der Waals surface area contributed by atoms with Crippen LogP contribution in [-0.2, 0) is 10.8 Å². The minimum absolute atomic E-state index is 0.172. The van der Waals surface area contributed by atoms with Crippen LogP contribution in [0.3, 0.4) is 0 Å². The summed E-state index contributed by atoms with van der Waals surface area (Å²) in [5.41, 5.74) is 18.6. The molecule has 0 amide bonds. The molecule has 1 spiro atoms. The number of aromatic nitrogens is 3. The van der Waals surface area contributed by atoms with Crippen LogP contribution in [0.5, 0.6) is 0 Å². The molecule has 61 heavy (non-hydrogen) atoms. The van der Waals surface area contributed by atoms with Gasteiger partial charge in [0.1, 0.15) is 16.8 Å². The van der Waals surface area contributed by atoms with Gasteiger partial charge in [0.15, 0.2) is 17.5 Å². The fourth-order valence-corrected chi connectivity index (χ4v) is 10.8. The average molecular weight is 780 g/mol. The predicted octanol–water partition coefficient (Wildman–Crippen LogP) is 13.9. The number of fused-ring (bicyclic) bond motifs is 15. The lowest BCUT2D eigenvalue weighted by molar-refractivity contribution is 0.507. The molecule has 286 valence electrons. The maximum Gasteiger partial charge on any atom is 0.164 e. The summed E-state index contributed by atoms with van der Waals surface area (Å²) in [6.07, 6.45) is 0. The van der Waals surface area contributed by atoms with E-state index >= 15 is 0 Å². The molecule has 0 saturated carbocycles. The smallest absolute Gasteiger partial charge is 0.164 e. The van der Waals surface area contributed by atoms with Crippen LogP contribution in [0.1, 0.15) is 47.4 Å². The zero-order valence-corrected chi connectivity index (χ0v) is 33.6. The number of para-hydroxylation sites is 1. The van der Waals surface area contributed by atoms with Gasteiger partial charge >= 0.3 is 0 Å². The standard InChI is InChI=1S/C57H37N3O/c1-56(2)44-22-10-6-17-38(44)41-32-31-37(33-48(41)56)54-58-53(36-29-27-35(28-30-36)34-15-4-3-5-16-34)59-55(60-54)43-21-14-25-47-50(43)51-42-20-9-13-26-49(42)61-52(51)57(47)45-23-11-7-18-39(45)40-19-8-12-24-46(40)57/h3-33H,1-2H3. The van der Waals surface area contributed by atoms with E-state index < -0.39 is 5.41 Å². The lowest BCUT2D eigenvalue weighted by Crippen LogP contribution is -2.25. The van der Waals surface area contributed by atoms with Crippen LogP contribution >= 0.6 is 0 Å². The maximum absolute atomic E-state index is 7.10. The van der Waals surface area contributed by atoms with E-state index in [1.165, 1.54) is 55.6 Å². The van der Waals surface area contributed by atoms with E-state index in [-0.39, 0.29) is 5.41 Å². The summed E-state index contributed by atoms with van der Waals surface area (Å²) in [6.45, 7) is 4.63. The van der Waals surface area contributed by atoms with Crippen molar-refractivity contribution in [2.75, 3.05) is 0 Å². The van der Waals surface area contributed by atoms with Crippen molar-refractivity contribution < 1.29 is 4.42 Å². The van der Waals surface area contributed by atoms with E-state index in [9.17, 15) is 0 Å². The molecular formula is C57H37N3O. The molecule has 4 nitrogen and oxygen atoms in total. The molecule has 0 atom stereocenters. The molecule has 0 N–H and O–H groups in total. The first-order chi connectivity index (χ1) is 30.0. The van der Waals surface area contributed by atoms with Crippen molar-refractivity contribution in [3.8, 4) is 78.7 Å². The summed E-state index contributed by atoms with van der Waals surface area (Å²) in [5, 5.41) is 1.08. The van der Waals surface area contributed by atoms with Gasteiger partial charge in [-0.05, 0) is 73.3 Å². The number of furan rings is 1. The van der Waals surface area contributed by atoms with Crippen LogP contribution in [0.25, 0.3) is 89.6 Å². The van der Waals surface area contributed by atoms with Gasteiger partial charge in [-0.25, -0.2) is 15.0 Å². The predicted molar refractivity (Wildman–Crippen MR) is 245 cm³/mol. The second-order valence-electron chi connectivity index (χ2n) is 17.1. The molecule has 2 heterocycles. The van der Waals surface area contributed by atoms with Crippen molar-refractivity contribution in [2.24, 2.45) is 0 Å². The monoisotopic (exact) mass is 779 g/mol. The highest BCUT2D eigenvalue weighted by molar-refractivity contribution is 6.08. The third-order valence-corrected chi connectivity index (χ3v) is 13.6. The number of nitrogens with zero attached hydrogens (tertiary/aromatic N) is 3. The quantitative estimate of drug-likeness (QED) is 0.178. The van der Waals surface area contributed by atoms with E-state index in [1.807, 2.05) is 6.07 Å². The first-order valence-corrected chi connectivity index (χ1v) is 21.0. The minimum Gasteiger partial charge on any atom is -0.459 e. The van der Waals surface area contributed by atoms with E-state index in [2.05, 4.69) is 196 Å². The molecule has 0 radical (unpaired) electrons. The van der Waals surface area contributed by atoms with Crippen molar-refractivity contribution in [3.05, 3.63) is 222 Å². The minimum atomic E-state index is -0.653. The summed E-state index contributed by atoms with van der Waals surface area (Å²) in [7, 11) is 0. The SMILES string of the molecule is CC1(C)c2ccccc2-c2ccc(-c3nc(-c4ccc(-c5ccccc5)cc4)nc(-c4cccc5c4-c4c(oc6ccccc46)C54c5ccccc5-c5ccccc54)n3)cc21. The highest BCUT2D eigenvalue weighted by Gasteiger charge is 2.55. The van der Waals surface area contributed by atoms with Gasteiger partial charge in [-0.3, -0.25) is 0 Å². The van der Waals surface area contributed by atoms with Gasteiger partial charge in [0, 0.05) is 38.6 Å². The van der Waals surface area contributed by atoms with Crippen molar-refractivity contribution in [2.45, 2.75) is 24.7 Å². The second kappa shape index (κ2) is 12.4. The molecule has 4 heteroatoms. The zero-order chi connectivity index (χ0) is 40.5. The number of hydrogen-bond acceptors (Lipinski definition) is 4. The van der Waals surface area contributed by atoms with E-state index in [0.717, 1.165) is 50.1 Å². The summed E-state index contributed by atoms with van der Waals surface area (Å²) in [6, 6.07) is 67.2. The van der Waals surface area contributed by atoms with Crippen LogP contribution in [0.4, 0.5) is 0 Å². The molecule has 0 aliphatic heterocycles. The normalized spacial score (nSPS) is 14.3. The molecule has 0 unspecified atom stereocenters. The second-order valence-corrected chi connectivity index (χ2v) is 17.1. The van der Waals surface area contributed by atoms with Crippen LogP contribution < -0.4 is 0 Å².